The number of hydrogen-bond acceptors (Lipinski definition) is 5. The normalized spacial score (nSPS) is 16.0. The fraction of sp³-hybridized carbons (Fsp3) is 0.400. The molecule has 1 aromatic carbocycles. The predicted molar refractivity (Wildman–Crippen MR) is 97.8 cm³/mol. The molecule has 0 atom stereocenters. The van der Waals surface area contributed by atoms with Gasteiger partial charge >= 0.3 is 0 Å². The zero-order chi connectivity index (χ0) is 18.1. The summed E-state index contributed by atoms with van der Waals surface area (Å²) in [6.07, 6.45) is 6.17. The highest BCUT2D eigenvalue weighted by atomic mass is 16.1. The summed E-state index contributed by atoms with van der Waals surface area (Å²) < 4.78 is 0. The number of carbonyl (C=O) groups excluding carboxylic acids is 1. The van der Waals surface area contributed by atoms with E-state index in [-0.39, 0.29) is 5.91 Å². The van der Waals surface area contributed by atoms with Gasteiger partial charge in [0.1, 0.15) is 17.5 Å². The number of aromatic nitrogens is 2. The van der Waals surface area contributed by atoms with Crippen LogP contribution in [0.25, 0.3) is 0 Å². The summed E-state index contributed by atoms with van der Waals surface area (Å²) in [4.78, 5) is 23.1. The van der Waals surface area contributed by atoms with E-state index in [2.05, 4.69) is 21.3 Å². The van der Waals surface area contributed by atoms with Gasteiger partial charge in [-0.1, -0.05) is 12.1 Å². The Labute approximate surface area is 152 Å². The molecule has 6 heteroatoms. The molecular formula is C20H21N5O. The predicted octanol–water partition coefficient (Wildman–Crippen LogP) is 2.75. The lowest BCUT2D eigenvalue weighted by Gasteiger charge is -2.25. The number of nitrogens with zero attached hydrogens (tertiary/aromatic N) is 4. The van der Waals surface area contributed by atoms with Crippen molar-refractivity contribution in [1.29, 1.82) is 5.26 Å². The first kappa shape index (κ1) is 16.5. The van der Waals surface area contributed by atoms with Crippen molar-refractivity contribution < 1.29 is 4.79 Å². The Kier molecular flexibility index (Phi) is 4.29. The first-order valence-corrected chi connectivity index (χ1v) is 9.04. The average molecular weight is 347 g/mol. The van der Waals surface area contributed by atoms with Crippen LogP contribution in [0.5, 0.6) is 0 Å². The van der Waals surface area contributed by atoms with Gasteiger partial charge in [0.15, 0.2) is 5.82 Å². The highest BCUT2D eigenvalue weighted by molar-refractivity contribution is 5.93. The van der Waals surface area contributed by atoms with Gasteiger partial charge in [0.05, 0.1) is 6.20 Å². The summed E-state index contributed by atoms with van der Waals surface area (Å²) in [6.45, 7) is 0.675. The molecule has 2 aromatic rings. The topological polar surface area (TPSA) is 81.9 Å². The van der Waals surface area contributed by atoms with Gasteiger partial charge in [-0.05, 0) is 43.4 Å². The first-order chi connectivity index (χ1) is 12.7. The molecule has 0 aliphatic heterocycles. The van der Waals surface area contributed by atoms with Gasteiger partial charge in [-0.15, -0.1) is 0 Å². The second-order valence-electron chi connectivity index (χ2n) is 6.99. The molecule has 2 aliphatic rings. The van der Waals surface area contributed by atoms with Crippen LogP contribution in [0.3, 0.4) is 0 Å². The summed E-state index contributed by atoms with van der Waals surface area (Å²) in [5.41, 5.74) is 2.27. The average Bonchev–Trinajstić information content (AvgIpc) is 3.58. The van der Waals surface area contributed by atoms with Gasteiger partial charge in [0.25, 0.3) is 5.91 Å². The van der Waals surface area contributed by atoms with E-state index in [9.17, 15) is 10.1 Å². The Morgan fingerprint density at radius 3 is 2.58 bits per heavy atom. The van der Waals surface area contributed by atoms with Crippen LogP contribution in [0.4, 0.5) is 5.82 Å². The fourth-order valence-electron chi connectivity index (χ4n) is 3.09. The number of anilines is 1. The van der Waals surface area contributed by atoms with E-state index in [0.29, 0.717) is 29.6 Å². The molecule has 1 N–H and O–H groups in total. The summed E-state index contributed by atoms with van der Waals surface area (Å²) in [6, 6.07) is 10.3. The highest BCUT2D eigenvalue weighted by Gasteiger charge is 2.33. The number of benzene rings is 1. The van der Waals surface area contributed by atoms with Crippen molar-refractivity contribution in [3.63, 3.8) is 0 Å². The van der Waals surface area contributed by atoms with Crippen LogP contribution in [0, 0.1) is 11.3 Å². The van der Waals surface area contributed by atoms with Crippen molar-refractivity contribution in [2.75, 3.05) is 11.9 Å². The van der Waals surface area contributed by atoms with Crippen molar-refractivity contribution in [1.82, 2.24) is 15.3 Å². The third-order valence-corrected chi connectivity index (χ3v) is 4.91. The molecule has 2 fully saturated rings. The van der Waals surface area contributed by atoms with Crippen LogP contribution < -0.4 is 10.2 Å². The maximum atomic E-state index is 11.7. The molecule has 1 heterocycles. The molecule has 0 saturated heterocycles. The molecular weight excluding hydrogens is 326 g/mol. The van der Waals surface area contributed by atoms with E-state index in [4.69, 9.17) is 4.98 Å². The summed E-state index contributed by atoms with van der Waals surface area (Å²) in [5.74, 6) is 1.98. The molecule has 2 saturated carbocycles. The molecule has 1 aromatic heterocycles. The lowest BCUT2D eigenvalue weighted by atomic mass is 10.1. The monoisotopic (exact) mass is 347 g/mol. The molecule has 0 radical (unpaired) electrons. The minimum atomic E-state index is -0.0905. The lowest BCUT2D eigenvalue weighted by molar-refractivity contribution is 0.0963. The van der Waals surface area contributed by atoms with E-state index < -0.39 is 0 Å². The second-order valence-corrected chi connectivity index (χ2v) is 6.99. The molecule has 26 heavy (non-hydrogen) atoms. The van der Waals surface area contributed by atoms with Crippen LogP contribution in [-0.4, -0.2) is 29.0 Å². The van der Waals surface area contributed by atoms with Gasteiger partial charge in [-0.2, -0.15) is 5.26 Å². The van der Waals surface area contributed by atoms with Crippen molar-refractivity contribution >= 4 is 11.7 Å². The quantitative estimate of drug-likeness (QED) is 0.869. The number of amides is 1. The third-order valence-electron chi connectivity index (χ3n) is 4.91. The maximum absolute atomic E-state index is 11.7. The SMILES string of the molecule is CNC(=O)c1ccc(CN(c2nc(C3CC3)ncc2C#N)C2CC2)cc1. The fourth-order valence-corrected chi connectivity index (χ4v) is 3.09. The van der Waals surface area contributed by atoms with E-state index in [1.165, 1.54) is 0 Å². The summed E-state index contributed by atoms with van der Waals surface area (Å²) in [5, 5.41) is 12.1. The molecule has 1 amide bonds. The van der Waals surface area contributed by atoms with E-state index >= 15 is 0 Å². The van der Waals surface area contributed by atoms with Crippen LogP contribution in [0.1, 0.15) is 58.9 Å². The number of nitriles is 1. The number of rotatable bonds is 6. The molecule has 6 nitrogen and oxygen atoms in total. The van der Waals surface area contributed by atoms with Crippen LogP contribution in [-0.2, 0) is 6.54 Å². The maximum Gasteiger partial charge on any atom is 0.251 e. The van der Waals surface area contributed by atoms with E-state index in [1.54, 1.807) is 13.2 Å². The first-order valence-electron chi connectivity index (χ1n) is 9.04. The van der Waals surface area contributed by atoms with E-state index in [0.717, 1.165) is 42.9 Å². The number of nitrogens with one attached hydrogen (secondary N) is 1. The summed E-state index contributed by atoms with van der Waals surface area (Å²) in [7, 11) is 1.63. The van der Waals surface area contributed by atoms with E-state index in [1.807, 2.05) is 24.3 Å². The lowest BCUT2D eigenvalue weighted by Crippen LogP contribution is -2.27. The summed E-state index contributed by atoms with van der Waals surface area (Å²) >= 11 is 0. The van der Waals surface area contributed by atoms with Gasteiger partial charge in [-0.25, -0.2) is 9.97 Å². The Morgan fingerprint density at radius 1 is 1.27 bits per heavy atom. The second kappa shape index (κ2) is 6.75. The number of carbonyl (C=O) groups is 1. The largest absolute Gasteiger partial charge is 0.355 e. The highest BCUT2D eigenvalue weighted by Crippen LogP contribution is 2.40. The van der Waals surface area contributed by atoms with Gasteiger partial charge in [-0.3, -0.25) is 4.79 Å². The zero-order valence-corrected chi connectivity index (χ0v) is 14.8. The van der Waals surface area contributed by atoms with Crippen molar-refractivity contribution in [2.45, 2.75) is 44.2 Å². The molecule has 132 valence electrons. The van der Waals surface area contributed by atoms with Crippen LogP contribution >= 0.6 is 0 Å². The third kappa shape index (κ3) is 3.38. The van der Waals surface area contributed by atoms with Crippen LogP contribution in [0.2, 0.25) is 0 Å². The van der Waals surface area contributed by atoms with Crippen molar-refractivity contribution in [3.05, 3.63) is 53.0 Å². The van der Waals surface area contributed by atoms with Gasteiger partial charge in [0.2, 0.25) is 0 Å². The zero-order valence-electron chi connectivity index (χ0n) is 14.8. The number of hydrogen-bond donors (Lipinski definition) is 1. The van der Waals surface area contributed by atoms with Crippen molar-refractivity contribution in [3.8, 4) is 6.07 Å². The molecule has 0 spiro atoms. The van der Waals surface area contributed by atoms with Gasteiger partial charge in [0, 0.05) is 31.1 Å². The molecule has 4 rings (SSSR count). The van der Waals surface area contributed by atoms with Crippen LogP contribution in [0.15, 0.2) is 30.5 Å². The Hall–Kier alpha value is -2.94. The smallest absolute Gasteiger partial charge is 0.251 e. The van der Waals surface area contributed by atoms with Crippen molar-refractivity contribution in [2.24, 2.45) is 0 Å². The molecule has 0 bridgehead atoms. The van der Waals surface area contributed by atoms with Gasteiger partial charge < -0.3 is 10.2 Å². The minimum absolute atomic E-state index is 0.0905. The standard InChI is InChI=1S/C20H21N5O/c1-22-20(26)15-4-2-13(3-5-15)12-25(17-8-9-17)19-16(10-21)11-23-18(24-19)14-6-7-14/h2-5,11,14,17H,6-9,12H2,1H3,(H,22,26). The Balaban J connectivity index is 1.61. The Bertz CT molecular complexity index is 863. The molecule has 2 aliphatic carbocycles. The Morgan fingerprint density at radius 2 is 2.00 bits per heavy atom. The minimum Gasteiger partial charge on any atom is -0.355 e. The molecule has 0 unspecified atom stereocenters.